The lowest BCUT2D eigenvalue weighted by atomic mass is 10.1. The lowest BCUT2D eigenvalue weighted by molar-refractivity contribution is -0.130. The zero-order chi connectivity index (χ0) is 20.6. The molecule has 2 heterocycles. The number of halogens is 1. The molecule has 0 aliphatic carbocycles. The summed E-state index contributed by atoms with van der Waals surface area (Å²) in [6.45, 7) is 8.81. The van der Waals surface area contributed by atoms with Crippen LogP contribution >= 0.6 is 22.9 Å². The van der Waals surface area contributed by atoms with Gasteiger partial charge in [-0.25, -0.2) is 5.01 Å². The number of benzene rings is 1. The first-order chi connectivity index (χ1) is 14.1. The normalized spacial score (nSPS) is 13.8. The summed E-state index contributed by atoms with van der Waals surface area (Å²) in [5, 5.41) is 6.07. The van der Waals surface area contributed by atoms with Crippen LogP contribution in [0.3, 0.4) is 0 Å². The van der Waals surface area contributed by atoms with Gasteiger partial charge in [0.05, 0.1) is 34.5 Å². The van der Waals surface area contributed by atoms with Gasteiger partial charge in [0.1, 0.15) is 5.75 Å². The Morgan fingerprint density at radius 3 is 2.83 bits per heavy atom. The maximum Gasteiger partial charge on any atom is 0.247 e. The number of rotatable bonds is 10. The number of nitrogens with zero attached hydrogens (tertiary/aromatic N) is 3. The third-order valence-corrected chi connectivity index (χ3v) is 6.26. The van der Waals surface area contributed by atoms with E-state index in [1.54, 1.807) is 5.01 Å². The van der Waals surface area contributed by atoms with E-state index in [4.69, 9.17) is 16.3 Å². The molecule has 1 aromatic carbocycles. The number of ether oxygens (including phenoxy) is 1. The molecule has 156 valence electrons. The standard InChI is InChI=1S/C22H28ClN3O2S/c1-3-25(4-2)12-6-14-28-18-8-5-7-17(15-18)16-22(27)26-13-11-19(24-26)20-9-10-21(23)29-20/h5,7-10,15H,3-4,6,11-14,16H2,1-2H3. The van der Waals surface area contributed by atoms with Crippen molar-refractivity contribution in [2.45, 2.75) is 33.1 Å². The SMILES string of the molecule is CCN(CC)CCCOc1cccc(CC(=O)N2CCC(c3ccc(Cl)s3)=N2)c1. The molecule has 3 rings (SSSR count). The molecule has 5 nitrogen and oxygen atoms in total. The van der Waals surface area contributed by atoms with Crippen LogP contribution in [0.1, 0.15) is 37.1 Å². The molecule has 0 unspecified atom stereocenters. The van der Waals surface area contributed by atoms with Crippen molar-refractivity contribution in [3.05, 3.63) is 51.2 Å². The van der Waals surface area contributed by atoms with Gasteiger partial charge in [0.2, 0.25) is 5.91 Å². The van der Waals surface area contributed by atoms with E-state index in [0.29, 0.717) is 19.6 Å². The summed E-state index contributed by atoms with van der Waals surface area (Å²) in [5.74, 6) is 0.815. The molecule has 0 bridgehead atoms. The molecule has 0 fully saturated rings. The molecule has 1 aromatic heterocycles. The molecule has 0 saturated carbocycles. The Balaban J connectivity index is 1.51. The van der Waals surface area contributed by atoms with E-state index in [9.17, 15) is 4.79 Å². The van der Waals surface area contributed by atoms with Gasteiger partial charge < -0.3 is 9.64 Å². The number of hydrogen-bond acceptors (Lipinski definition) is 5. The van der Waals surface area contributed by atoms with Crippen molar-refractivity contribution in [1.29, 1.82) is 0 Å². The van der Waals surface area contributed by atoms with Crippen LogP contribution in [-0.2, 0) is 11.2 Å². The van der Waals surface area contributed by atoms with Crippen molar-refractivity contribution in [3.8, 4) is 5.75 Å². The molecule has 0 saturated heterocycles. The number of carbonyl (C=O) groups excluding carboxylic acids is 1. The lowest BCUT2D eigenvalue weighted by Crippen LogP contribution is -2.25. The topological polar surface area (TPSA) is 45.1 Å². The van der Waals surface area contributed by atoms with E-state index in [1.165, 1.54) is 11.3 Å². The molecule has 0 atom stereocenters. The molecule has 0 radical (unpaired) electrons. The predicted molar refractivity (Wildman–Crippen MR) is 120 cm³/mol. The molecular formula is C22H28ClN3O2S. The number of hydrazone groups is 1. The maximum atomic E-state index is 12.7. The van der Waals surface area contributed by atoms with E-state index in [1.807, 2.05) is 36.4 Å². The predicted octanol–water partition coefficient (Wildman–Crippen LogP) is 4.69. The van der Waals surface area contributed by atoms with Gasteiger partial charge >= 0.3 is 0 Å². The Labute approximate surface area is 181 Å². The smallest absolute Gasteiger partial charge is 0.247 e. The summed E-state index contributed by atoms with van der Waals surface area (Å²) in [4.78, 5) is 16.1. The molecule has 1 amide bonds. The van der Waals surface area contributed by atoms with Gasteiger partial charge in [-0.3, -0.25) is 4.79 Å². The molecule has 1 aliphatic heterocycles. The van der Waals surface area contributed by atoms with Crippen LogP contribution in [-0.4, -0.2) is 54.3 Å². The highest BCUT2D eigenvalue weighted by Gasteiger charge is 2.22. The maximum absolute atomic E-state index is 12.7. The average molecular weight is 434 g/mol. The minimum atomic E-state index is 0.00124. The van der Waals surface area contributed by atoms with Crippen LogP contribution < -0.4 is 4.74 Å². The van der Waals surface area contributed by atoms with Gasteiger partial charge in [-0.2, -0.15) is 5.10 Å². The molecule has 2 aromatic rings. The number of carbonyl (C=O) groups is 1. The van der Waals surface area contributed by atoms with Crippen molar-refractivity contribution in [1.82, 2.24) is 9.91 Å². The molecule has 29 heavy (non-hydrogen) atoms. The molecule has 0 spiro atoms. The summed E-state index contributed by atoms with van der Waals surface area (Å²) in [7, 11) is 0. The molecule has 1 aliphatic rings. The van der Waals surface area contributed by atoms with Gasteiger partial charge in [0.15, 0.2) is 0 Å². The van der Waals surface area contributed by atoms with Crippen molar-refractivity contribution in [3.63, 3.8) is 0 Å². The Morgan fingerprint density at radius 2 is 2.10 bits per heavy atom. The molecule has 0 N–H and O–H groups in total. The second-order valence-electron chi connectivity index (χ2n) is 6.97. The van der Waals surface area contributed by atoms with Gasteiger partial charge in [-0.1, -0.05) is 37.6 Å². The third kappa shape index (κ3) is 6.29. The largest absolute Gasteiger partial charge is 0.494 e. The van der Waals surface area contributed by atoms with Crippen LogP contribution in [0.15, 0.2) is 41.5 Å². The second-order valence-corrected chi connectivity index (χ2v) is 8.69. The van der Waals surface area contributed by atoms with Crippen LogP contribution in [0, 0.1) is 0 Å². The summed E-state index contributed by atoms with van der Waals surface area (Å²) >= 11 is 7.50. The van der Waals surface area contributed by atoms with Crippen LogP contribution in [0.4, 0.5) is 0 Å². The van der Waals surface area contributed by atoms with E-state index in [-0.39, 0.29) is 5.91 Å². The van der Waals surface area contributed by atoms with E-state index >= 15 is 0 Å². The summed E-state index contributed by atoms with van der Waals surface area (Å²) < 4.78 is 6.62. The van der Waals surface area contributed by atoms with Crippen molar-refractivity contribution in [2.24, 2.45) is 5.10 Å². The minimum Gasteiger partial charge on any atom is -0.494 e. The summed E-state index contributed by atoms with van der Waals surface area (Å²) in [5.41, 5.74) is 1.87. The molecule has 7 heteroatoms. The number of amides is 1. The fraction of sp³-hybridized carbons (Fsp3) is 0.455. The Hall–Kier alpha value is -1.89. The first kappa shape index (κ1) is 21.8. The van der Waals surface area contributed by atoms with Gasteiger partial charge in [-0.05, 0) is 49.3 Å². The number of thiophene rings is 1. The van der Waals surface area contributed by atoms with E-state index in [0.717, 1.165) is 58.7 Å². The monoisotopic (exact) mass is 433 g/mol. The van der Waals surface area contributed by atoms with Crippen LogP contribution in [0.2, 0.25) is 4.34 Å². The van der Waals surface area contributed by atoms with Gasteiger partial charge in [0.25, 0.3) is 0 Å². The van der Waals surface area contributed by atoms with E-state index < -0.39 is 0 Å². The zero-order valence-electron chi connectivity index (χ0n) is 17.1. The van der Waals surface area contributed by atoms with E-state index in [2.05, 4.69) is 23.8 Å². The fourth-order valence-electron chi connectivity index (χ4n) is 3.31. The first-order valence-corrected chi connectivity index (χ1v) is 11.4. The first-order valence-electron chi connectivity index (χ1n) is 10.2. The Morgan fingerprint density at radius 1 is 1.28 bits per heavy atom. The van der Waals surface area contributed by atoms with Crippen molar-refractivity contribution < 1.29 is 9.53 Å². The second kappa shape index (κ2) is 10.8. The highest BCUT2D eigenvalue weighted by atomic mass is 35.5. The van der Waals surface area contributed by atoms with Crippen molar-refractivity contribution in [2.75, 3.05) is 32.8 Å². The third-order valence-electron chi connectivity index (χ3n) is 4.98. The fourth-order valence-corrected chi connectivity index (χ4v) is 4.36. The summed E-state index contributed by atoms with van der Waals surface area (Å²) in [6, 6.07) is 11.6. The highest BCUT2D eigenvalue weighted by molar-refractivity contribution is 7.18. The number of hydrogen-bond donors (Lipinski definition) is 0. The van der Waals surface area contributed by atoms with Crippen LogP contribution in [0.5, 0.6) is 5.75 Å². The van der Waals surface area contributed by atoms with Gasteiger partial charge in [-0.15, -0.1) is 11.3 Å². The van der Waals surface area contributed by atoms with Crippen molar-refractivity contribution >= 4 is 34.6 Å². The highest BCUT2D eigenvalue weighted by Crippen LogP contribution is 2.25. The Kier molecular flexibility index (Phi) is 8.09. The lowest BCUT2D eigenvalue weighted by Gasteiger charge is -2.17. The zero-order valence-corrected chi connectivity index (χ0v) is 18.6. The molecular weight excluding hydrogens is 406 g/mol. The van der Waals surface area contributed by atoms with Gasteiger partial charge in [0, 0.05) is 13.0 Å². The minimum absolute atomic E-state index is 0.00124. The van der Waals surface area contributed by atoms with Crippen LogP contribution in [0.25, 0.3) is 0 Å². The summed E-state index contributed by atoms with van der Waals surface area (Å²) in [6.07, 6.45) is 2.07. The average Bonchev–Trinajstić information content (AvgIpc) is 3.37. The Bertz CT molecular complexity index is 848. The quantitative estimate of drug-likeness (QED) is 0.510.